The van der Waals surface area contributed by atoms with Gasteiger partial charge in [0.25, 0.3) is 0 Å². The molecule has 0 spiro atoms. The minimum Gasteiger partial charge on any atom is -0.395 e. The van der Waals surface area contributed by atoms with Gasteiger partial charge in [-0.05, 0) is 37.0 Å². The highest BCUT2D eigenvalue weighted by atomic mass is 35.5. The molecule has 2 aliphatic carbocycles. The first kappa shape index (κ1) is 8.58. The van der Waals surface area contributed by atoms with E-state index in [2.05, 4.69) is 12.2 Å². The summed E-state index contributed by atoms with van der Waals surface area (Å²) in [4.78, 5) is 0. The standard InChI is InChI=1S/C10H15ClO/c11-10(6-12)5-9-4-7-1-2-8(9)3-7/h1-2,7-10,12H,3-6H2. The Morgan fingerprint density at radius 2 is 2.25 bits per heavy atom. The lowest BCUT2D eigenvalue weighted by molar-refractivity contribution is 0.268. The second-order valence-electron chi connectivity index (χ2n) is 4.06. The Morgan fingerprint density at radius 3 is 2.75 bits per heavy atom. The molecule has 4 unspecified atom stereocenters. The van der Waals surface area contributed by atoms with E-state index in [1.54, 1.807) is 0 Å². The normalized spacial score (nSPS) is 40.7. The number of halogens is 1. The van der Waals surface area contributed by atoms with Gasteiger partial charge in [0.1, 0.15) is 0 Å². The van der Waals surface area contributed by atoms with Gasteiger partial charge in [-0.1, -0.05) is 12.2 Å². The van der Waals surface area contributed by atoms with E-state index in [0.717, 1.165) is 24.2 Å². The van der Waals surface area contributed by atoms with Gasteiger partial charge < -0.3 is 5.11 Å². The fraction of sp³-hybridized carbons (Fsp3) is 0.800. The fourth-order valence-electron chi connectivity index (χ4n) is 2.57. The third kappa shape index (κ3) is 1.53. The van der Waals surface area contributed by atoms with Crippen molar-refractivity contribution in [3.63, 3.8) is 0 Å². The van der Waals surface area contributed by atoms with Crippen LogP contribution in [0.2, 0.25) is 0 Å². The molecule has 68 valence electrons. The highest BCUT2D eigenvalue weighted by molar-refractivity contribution is 6.20. The van der Waals surface area contributed by atoms with Crippen LogP contribution in [0, 0.1) is 17.8 Å². The number of rotatable bonds is 3. The van der Waals surface area contributed by atoms with Crippen LogP contribution in [0.25, 0.3) is 0 Å². The third-order valence-electron chi connectivity index (χ3n) is 3.17. The molecule has 1 nitrogen and oxygen atoms in total. The summed E-state index contributed by atoms with van der Waals surface area (Å²) < 4.78 is 0. The molecule has 1 fully saturated rings. The number of hydrogen-bond donors (Lipinski definition) is 1. The average Bonchev–Trinajstić information content (AvgIpc) is 2.64. The van der Waals surface area contributed by atoms with Crippen molar-refractivity contribution in [2.45, 2.75) is 24.6 Å². The molecule has 0 radical (unpaired) electrons. The van der Waals surface area contributed by atoms with Gasteiger partial charge in [-0.3, -0.25) is 0 Å². The molecular weight excluding hydrogens is 172 g/mol. The molecule has 2 bridgehead atoms. The second-order valence-corrected chi connectivity index (χ2v) is 4.67. The predicted octanol–water partition coefficient (Wildman–Crippen LogP) is 2.19. The van der Waals surface area contributed by atoms with E-state index in [-0.39, 0.29) is 12.0 Å². The van der Waals surface area contributed by atoms with E-state index in [1.807, 2.05) is 0 Å². The smallest absolute Gasteiger partial charge is 0.0595 e. The molecule has 0 saturated heterocycles. The maximum atomic E-state index is 8.82. The number of allylic oxidation sites excluding steroid dienone is 2. The molecule has 1 saturated carbocycles. The summed E-state index contributed by atoms with van der Waals surface area (Å²) in [6.45, 7) is 0.124. The van der Waals surface area contributed by atoms with Crippen LogP contribution in [0.5, 0.6) is 0 Å². The molecular formula is C10H15ClO. The largest absolute Gasteiger partial charge is 0.395 e. The predicted molar refractivity (Wildman–Crippen MR) is 50.2 cm³/mol. The summed E-state index contributed by atoms with van der Waals surface area (Å²) in [5.41, 5.74) is 0. The molecule has 0 heterocycles. The molecule has 2 aliphatic rings. The van der Waals surface area contributed by atoms with Crippen molar-refractivity contribution in [3.8, 4) is 0 Å². The van der Waals surface area contributed by atoms with Crippen LogP contribution >= 0.6 is 11.6 Å². The van der Waals surface area contributed by atoms with Crippen LogP contribution in [0.15, 0.2) is 12.2 Å². The van der Waals surface area contributed by atoms with Crippen molar-refractivity contribution in [3.05, 3.63) is 12.2 Å². The van der Waals surface area contributed by atoms with Crippen molar-refractivity contribution in [2.75, 3.05) is 6.61 Å². The molecule has 0 aromatic rings. The molecule has 12 heavy (non-hydrogen) atoms. The van der Waals surface area contributed by atoms with Crippen LogP contribution in [0.1, 0.15) is 19.3 Å². The van der Waals surface area contributed by atoms with Crippen molar-refractivity contribution in [1.29, 1.82) is 0 Å². The molecule has 0 aromatic carbocycles. The van der Waals surface area contributed by atoms with Crippen molar-refractivity contribution in [1.82, 2.24) is 0 Å². The van der Waals surface area contributed by atoms with Gasteiger partial charge >= 0.3 is 0 Å². The highest BCUT2D eigenvalue weighted by Gasteiger charge is 2.36. The SMILES string of the molecule is OCC(Cl)CC1CC2C=CC1C2. The zero-order valence-corrected chi connectivity index (χ0v) is 7.87. The van der Waals surface area contributed by atoms with Gasteiger partial charge in [0.05, 0.1) is 12.0 Å². The Morgan fingerprint density at radius 1 is 1.42 bits per heavy atom. The third-order valence-corrected chi connectivity index (χ3v) is 3.49. The average molecular weight is 187 g/mol. The van der Waals surface area contributed by atoms with E-state index in [9.17, 15) is 0 Å². The van der Waals surface area contributed by atoms with E-state index in [0.29, 0.717) is 0 Å². The number of aliphatic hydroxyl groups is 1. The molecule has 0 aliphatic heterocycles. The lowest BCUT2D eigenvalue weighted by Crippen LogP contribution is -2.15. The summed E-state index contributed by atoms with van der Waals surface area (Å²) >= 11 is 5.91. The Labute approximate surface area is 78.4 Å². The Kier molecular flexibility index (Phi) is 2.42. The fourth-order valence-corrected chi connectivity index (χ4v) is 2.80. The van der Waals surface area contributed by atoms with Gasteiger partial charge in [-0.15, -0.1) is 11.6 Å². The minimum absolute atomic E-state index is 0.0252. The summed E-state index contributed by atoms with van der Waals surface area (Å²) in [6, 6.07) is 0. The molecule has 2 rings (SSSR count). The lowest BCUT2D eigenvalue weighted by Gasteiger charge is -2.19. The summed E-state index contributed by atoms with van der Waals surface area (Å²) in [5, 5.41) is 8.79. The first-order chi connectivity index (χ1) is 5.79. The lowest BCUT2D eigenvalue weighted by atomic mass is 9.89. The molecule has 2 heteroatoms. The maximum Gasteiger partial charge on any atom is 0.0595 e. The van der Waals surface area contributed by atoms with Gasteiger partial charge in [0.15, 0.2) is 0 Å². The van der Waals surface area contributed by atoms with Crippen LogP contribution in [0.3, 0.4) is 0 Å². The minimum atomic E-state index is -0.0252. The van der Waals surface area contributed by atoms with Crippen LogP contribution in [0.4, 0.5) is 0 Å². The zero-order valence-electron chi connectivity index (χ0n) is 7.12. The van der Waals surface area contributed by atoms with E-state index in [4.69, 9.17) is 16.7 Å². The number of hydrogen-bond acceptors (Lipinski definition) is 1. The van der Waals surface area contributed by atoms with Crippen molar-refractivity contribution >= 4 is 11.6 Å². The molecule has 0 aromatic heterocycles. The van der Waals surface area contributed by atoms with E-state index >= 15 is 0 Å². The maximum absolute atomic E-state index is 8.82. The quantitative estimate of drug-likeness (QED) is 0.529. The monoisotopic (exact) mass is 186 g/mol. The number of fused-ring (bicyclic) bond motifs is 2. The van der Waals surface area contributed by atoms with Gasteiger partial charge in [0.2, 0.25) is 0 Å². The van der Waals surface area contributed by atoms with Crippen molar-refractivity contribution in [2.24, 2.45) is 17.8 Å². The molecule has 4 atom stereocenters. The number of aliphatic hydroxyl groups excluding tert-OH is 1. The van der Waals surface area contributed by atoms with E-state index in [1.165, 1.54) is 12.8 Å². The van der Waals surface area contributed by atoms with Crippen LogP contribution in [-0.2, 0) is 0 Å². The zero-order chi connectivity index (χ0) is 8.55. The second kappa shape index (κ2) is 3.39. The van der Waals surface area contributed by atoms with E-state index < -0.39 is 0 Å². The van der Waals surface area contributed by atoms with Gasteiger partial charge in [-0.2, -0.15) is 0 Å². The Hall–Kier alpha value is -0.0100. The first-order valence-electron chi connectivity index (χ1n) is 4.73. The van der Waals surface area contributed by atoms with Crippen LogP contribution in [-0.4, -0.2) is 17.1 Å². The number of alkyl halides is 1. The van der Waals surface area contributed by atoms with Crippen LogP contribution < -0.4 is 0 Å². The molecule has 0 amide bonds. The Bertz CT molecular complexity index is 190. The summed E-state index contributed by atoms with van der Waals surface area (Å²) in [7, 11) is 0. The summed E-state index contributed by atoms with van der Waals surface area (Å²) in [6.07, 6.45) is 8.29. The summed E-state index contributed by atoms with van der Waals surface area (Å²) in [5.74, 6) is 2.33. The van der Waals surface area contributed by atoms with Crippen molar-refractivity contribution < 1.29 is 5.11 Å². The van der Waals surface area contributed by atoms with Gasteiger partial charge in [0, 0.05) is 0 Å². The Balaban J connectivity index is 1.87. The first-order valence-corrected chi connectivity index (χ1v) is 5.16. The van der Waals surface area contributed by atoms with Gasteiger partial charge in [-0.25, -0.2) is 0 Å². The molecule has 1 N–H and O–H groups in total. The highest BCUT2D eigenvalue weighted by Crippen LogP contribution is 2.45. The topological polar surface area (TPSA) is 20.2 Å².